The van der Waals surface area contributed by atoms with Crippen LogP contribution in [0.15, 0.2) is 34.7 Å². The van der Waals surface area contributed by atoms with E-state index in [-0.39, 0.29) is 11.4 Å². The Balaban J connectivity index is 2.02. The molecule has 1 aliphatic heterocycles. The molecule has 8 heteroatoms. The number of rotatable bonds is 2. The van der Waals surface area contributed by atoms with E-state index < -0.39 is 21.2 Å². The highest BCUT2D eigenvalue weighted by molar-refractivity contribution is 7.96. The minimum absolute atomic E-state index is 0.123. The van der Waals surface area contributed by atoms with E-state index in [1.54, 1.807) is 0 Å². The Hall–Kier alpha value is -1.93. The molecule has 7 nitrogen and oxygen atoms in total. The highest BCUT2D eigenvalue weighted by Gasteiger charge is 2.44. The summed E-state index contributed by atoms with van der Waals surface area (Å²) in [4.78, 5) is 10.4. The molecular weight excluding hydrogens is 296 g/mol. The molecular formula is C13H14N2O5S. The third-order valence-electron chi connectivity index (χ3n) is 3.88. The van der Waals surface area contributed by atoms with Gasteiger partial charge in [0.1, 0.15) is 0 Å². The zero-order chi connectivity index (χ0) is 15.2. The summed E-state index contributed by atoms with van der Waals surface area (Å²) < 4.78 is 26.0. The topological polar surface area (TPSA) is 101 Å². The molecule has 0 saturated carbocycles. The predicted octanol–water partition coefficient (Wildman–Crippen LogP) is 1.89. The number of nitrogens with zero attached hydrogens (tertiary/aromatic N) is 2. The highest BCUT2D eigenvalue weighted by Crippen LogP contribution is 2.42. The zero-order valence-corrected chi connectivity index (χ0v) is 11.9. The fourth-order valence-electron chi connectivity index (χ4n) is 2.86. The predicted molar refractivity (Wildman–Crippen MR) is 76.0 cm³/mol. The van der Waals surface area contributed by atoms with Gasteiger partial charge in [0, 0.05) is 12.1 Å². The van der Waals surface area contributed by atoms with E-state index in [2.05, 4.69) is 0 Å². The Morgan fingerprint density at radius 3 is 2.38 bits per heavy atom. The van der Waals surface area contributed by atoms with Gasteiger partial charge < -0.3 is 5.11 Å². The van der Waals surface area contributed by atoms with Gasteiger partial charge in [-0.2, -0.15) is 0 Å². The van der Waals surface area contributed by atoms with Crippen molar-refractivity contribution in [2.75, 3.05) is 4.31 Å². The maximum Gasteiger partial charge on any atom is 0.269 e. The summed E-state index contributed by atoms with van der Waals surface area (Å²) in [6.45, 7) is 0. The van der Waals surface area contributed by atoms with Crippen LogP contribution in [0.25, 0.3) is 0 Å². The van der Waals surface area contributed by atoms with Crippen molar-refractivity contribution in [3.8, 4) is 0 Å². The maximum atomic E-state index is 12.5. The summed E-state index contributed by atoms with van der Waals surface area (Å²) in [5.74, 6) is 0. The summed E-state index contributed by atoms with van der Waals surface area (Å²) in [5.41, 5.74) is 0.671. The van der Waals surface area contributed by atoms with Crippen molar-refractivity contribution in [1.29, 1.82) is 0 Å². The number of sulfonamides is 1. The first-order valence-electron chi connectivity index (χ1n) is 6.62. The van der Waals surface area contributed by atoms with Crippen LogP contribution in [0.3, 0.4) is 0 Å². The van der Waals surface area contributed by atoms with Gasteiger partial charge in [-0.05, 0) is 43.4 Å². The van der Waals surface area contributed by atoms with Gasteiger partial charge in [-0.15, -0.1) is 0 Å². The number of nitro groups is 1. The number of aliphatic hydroxyl groups excluding tert-OH is 1. The van der Waals surface area contributed by atoms with Gasteiger partial charge in [-0.3, -0.25) is 10.1 Å². The molecule has 0 saturated heterocycles. The van der Waals surface area contributed by atoms with E-state index in [1.807, 2.05) is 0 Å². The number of nitro benzene ring substituents is 1. The Labute approximate surface area is 121 Å². The largest absolute Gasteiger partial charge is 0.369 e. The smallest absolute Gasteiger partial charge is 0.269 e. The molecule has 112 valence electrons. The lowest BCUT2D eigenvalue weighted by molar-refractivity contribution is -0.384. The van der Waals surface area contributed by atoms with Crippen LogP contribution < -0.4 is 4.31 Å². The Morgan fingerprint density at radius 1 is 1.19 bits per heavy atom. The lowest BCUT2D eigenvalue weighted by Crippen LogP contribution is -2.35. The molecule has 0 bridgehead atoms. The second kappa shape index (κ2) is 4.81. The number of anilines is 1. The molecule has 3 rings (SSSR count). The van der Waals surface area contributed by atoms with Crippen LogP contribution in [0.2, 0.25) is 0 Å². The van der Waals surface area contributed by atoms with Gasteiger partial charge in [0.2, 0.25) is 0 Å². The van der Waals surface area contributed by atoms with E-state index in [1.165, 1.54) is 24.3 Å². The first-order valence-corrected chi connectivity index (χ1v) is 8.06. The minimum atomic E-state index is -3.73. The van der Waals surface area contributed by atoms with Crippen molar-refractivity contribution < 1.29 is 18.4 Å². The summed E-state index contributed by atoms with van der Waals surface area (Å²) >= 11 is 0. The van der Waals surface area contributed by atoms with Crippen LogP contribution in [-0.2, 0) is 10.0 Å². The second-order valence-corrected chi connectivity index (χ2v) is 6.94. The van der Waals surface area contributed by atoms with Crippen LogP contribution in [0.4, 0.5) is 11.4 Å². The molecule has 1 unspecified atom stereocenters. The molecule has 21 heavy (non-hydrogen) atoms. The Bertz CT molecular complexity index is 723. The van der Waals surface area contributed by atoms with E-state index >= 15 is 0 Å². The Kier molecular flexibility index (Phi) is 3.22. The second-order valence-electron chi connectivity index (χ2n) is 5.10. The number of hydrogen-bond donors (Lipinski definition) is 1. The zero-order valence-electron chi connectivity index (χ0n) is 11.1. The molecule has 2 aliphatic rings. The monoisotopic (exact) mass is 310 g/mol. The number of aliphatic hydroxyl groups is 1. The van der Waals surface area contributed by atoms with Gasteiger partial charge in [-0.25, -0.2) is 12.7 Å². The van der Waals surface area contributed by atoms with Gasteiger partial charge in [0.05, 0.1) is 15.5 Å². The molecule has 1 heterocycles. The lowest BCUT2D eigenvalue weighted by atomic mass is 9.98. The third-order valence-corrected chi connectivity index (χ3v) is 5.89. The summed E-state index contributed by atoms with van der Waals surface area (Å²) in [7, 11) is -3.73. The number of allylic oxidation sites excluding steroid dienone is 1. The van der Waals surface area contributed by atoms with Crippen LogP contribution in [0.1, 0.15) is 25.7 Å². The standard InChI is InChI=1S/C13H14N2O5S/c16-13-11-3-1-2-4-12(11)21(19,20)14(13)9-5-7-10(8-6-9)15(17)18/h5-8,13,16H,1-4H2. The summed E-state index contributed by atoms with van der Waals surface area (Å²) in [5, 5.41) is 21.0. The summed E-state index contributed by atoms with van der Waals surface area (Å²) in [6, 6.07) is 5.15. The van der Waals surface area contributed by atoms with Crippen molar-refractivity contribution in [1.82, 2.24) is 0 Å². The molecule has 1 N–H and O–H groups in total. The molecule has 1 atom stereocenters. The van der Waals surface area contributed by atoms with Crippen LogP contribution in [-0.4, -0.2) is 24.7 Å². The van der Waals surface area contributed by atoms with Gasteiger partial charge in [0.15, 0.2) is 6.23 Å². The number of benzene rings is 1. The normalized spacial score (nSPS) is 24.0. The first kappa shape index (κ1) is 14.0. The fourth-order valence-corrected chi connectivity index (χ4v) is 4.83. The molecule has 0 amide bonds. The average molecular weight is 310 g/mol. The lowest BCUT2D eigenvalue weighted by Gasteiger charge is -2.22. The van der Waals surface area contributed by atoms with E-state index in [0.29, 0.717) is 23.3 Å². The first-order chi connectivity index (χ1) is 9.93. The van der Waals surface area contributed by atoms with Crippen LogP contribution in [0.5, 0.6) is 0 Å². The fraction of sp³-hybridized carbons (Fsp3) is 0.385. The van der Waals surface area contributed by atoms with Crippen LogP contribution in [0, 0.1) is 10.1 Å². The average Bonchev–Trinajstić information content (AvgIpc) is 2.67. The molecule has 0 spiro atoms. The quantitative estimate of drug-likeness (QED) is 0.664. The minimum Gasteiger partial charge on any atom is -0.369 e. The number of hydrogen-bond acceptors (Lipinski definition) is 5. The SMILES string of the molecule is O=[N+]([O-])c1ccc(N2C(O)C3=C(CCCC3)S2(=O)=O)cc1. The molecule has 0 radical (unpaired) electrons. The van der Waals surface area contributed by atoms with Gasteiger partial charge in [0.25, 0.3) is 15.7 Å². The molecule has 0 aromatic heterocycles. The molecule has 1 aliphatic carbocycles. The van der Waals surface area contributed by atoms with E-state index in [9.17, 15) is 23.6 Å². The molecule has 1 aromatic rings. The van der Waals surface area contributed by atoms with E-state index in [4.69, 9.17) is 0 Å². The maximum absolute atomic E-state index is 12.5. The van der Waals surface area contributed by atoms with Crippen molar-refractivity contribution in [2.24, 2.45) is 0 Å². The van der Waals surface area contributed by atoms with Gasteiger partial charge >= 0.3 is 0 Å². The van der Waals surface area contributed by atoms with Crippen LogP contribution >= 0.6 is 0 Å². The molecule has 1 aromatic carbocycles. The van der Waals surface area contributed by atoms with Crippen molar-refractivity contribution >= 4 is 21.4 Å². The van der Waals surface area contributed by atoms with E-state index in [0.717, 1.165) is 17.1 Å². The van der Waals surface area contributed by atoms with Crippen molar-refractivity contribution in [3.63, 3.8) is 0 Å². The summed E-state index contributed by atoms with van der Waals surface area (Å²) in [6.07, 6.45) is 1.46. The van der Waals surface area contributed by atoms with Gasteiger partial charge in [-0.1, -0.05) is 0 Å². The number of non-ortho nitro benzene ring substituents is 1. The highest BCUT2D eigenvalue weighted by atomic mass is 32.2. The molecule has 0 fully saturated rings. The third kappa shape index (κ3) is 2.11. The van der Waals surface area contributed by atoms with Crippen molar-refractivity contribution in [2.45, 2.75) is 31.9 Å². The van der Waals surface area contributed by atoms with Crippen molar-refractivity contribution in [3.05, 3.63) is 44.9 Å². The Morgan fingerprint density at radius 2 is 1.81 bits per heavy atom.